The highest BCUT2D eigenvalue weighted by Crippen LogP contribution is 2.34. The highest BCUT2D eigenvalue weighted by Gasteiger charge is 2.51. The fourth-order valence-electron chi connectivity index (χ4n) is 3.72. The Morgan fingerprint density at radius 2 is 1.69 bits per heavy atom. The molecule has 36 heavy (non-hydrogen) atoms. The number of anilines is 2. The summed E-state index contributed by atoms with van der Waals surface area (Å²) in [5.74, 6) is -1.46. The third-order valence-corrected chi connectivity index (χ3v) is 5.58. The lowest BCUT2D eigenvalue weighted by Crippen LogP contribution is -2.43. The van der Waals surface area contributed by atoms with Crippen molar-refractivity contribution in [1.29, 1.82) is 0 Å². The molecule has 11 heteroatoms. The van der Waals surface area contributed by atoms with Crippen LogP contribution in [0.3, 0.4) is 0 Å². The Morgan fingerprint density at radius 1 is 1.03 bits per heavy atom. The van der Waals surface area contributed by atoms with E-state index in [1.165, 1.54) is 29.3 Å². The number of nitrogens with one attached hydrogen (secondary N) is 1. The molecule has 0 radical (unpaired) electrons. The van der Waals surface area contributed by atoms with E-state index < -0.39 is 35.5 Å². The van der Waals surface area contributed by atoms with E-state index in [2.05, 4.69) is 15.0 Å². The van der Waals surface area contributed by atoms with Crippen LogP contribution in [0.2, 0.25) is 0 Å². The topological polar surface area (TPSA) is 91.8 Å². The zero-order chi connectivity index (χ0) is 26.1. The predicted molar refractivity (Wildman–Crippen MR) is 124 cm³/mol. The Balaban J connectivity index is 1.53. The van der Waals surface area contributed by atoms with Crippen LogP contribution < -0.4 is 15.0 Å². The van der Waals surface area contributed by atoms with E-state index >= 15 is 0 Å². The summed E-state index contributed by atoms with van der Waals surface area (Å²) in [5, 5.41) is 2.73. The Labute approximate surface area is 204 Å². The van der Waals surface area contributed by atoms with Crippen molar-refractivity contribution in [2.45, 2.75) is 32.3 Å². The number of nitrogens with zero attached hydrogens (tertiary/aromatic N) is 3. The number of aromatic nitrogens is 1. The number of imide groups is 1. The second-order valence-corrected chi connectivity index (χ2v) is 8.48. The molecule has 1 saturated heterocycles. The van der Waals surface area contributed by atoms with Crippen LogP contribution in [0.5, 0.6) is 5.75 Å². The first-order chi connectivity index (χ1) is 17.0. The van der Waals surface area contributed by atoms with Crippen molar-refractivity contribution in [1.82, 2.24) is 9.88 Å². The van der Waals surface area contributed by atoms with Crippen LogP contribution in [0.1, 0.15) is 29.9 Å². The zero-order valence-electron chi connectivity index (χ0n) is 19.2. The van der Waals surface area contributed by atoms with Gasteiger partial charge in [-0.25, -0.2) is 9.69 Å². The van der Waals surface area contributed by atoms with E-state index in [4.69, 9.17) is 0 Å². The van der Waals surface area contributed by atoms with Crippen LogP contribution in [0, 0.1) is 0 Å². The summed E-state index contributed by atoms with van der Waals surface area (Å²) in [4.78, 5) is 45.3. The first-order valence-electron chi connectivity index (χ1n) is 10.8. The van der Waals surface area contributed by atoms with Crippen LogP contribution in [0.25, 0.3) is 0 Å². The van der Waals surface area contributed by atoms with Crippen LogP contribution in [-0.4, -0.2) is 39.6 Å². The first kappa shape index (κ1) is 24.7. The lowest BCUT2D eigenvalue weighted by molar-refractivity contribution is -0.274. The molecule has 2 heterocycles. The van der Waals surface area contributed by atoms with E-state index in [-0.39, 0.29) is 17.9 Å². The van der Waals surface area contributed by atoms with Crippen molar-refractivity contribution in [2.24, 2.45) is 0 Å². The summed E-state index contributed by atoms with van der Waals surface area (Å²) in [7, 11) is 0. The van der Waals surface area contributed by atoms with Crippen molar-refractivity contribution in [3.8, 4) is 5.75 Å². The van der Waals surface area contributed by atoms with Gasteiger partial charge in [0, 0.05) is 18.4 Å². The van der Waals surface area contributed by atoms with Gasteiger partial charge in [0.15, 0.2) is 0 Å². The Morgan fingerprint density at radius 3 is 2.33 bits per heavy atom. The number of rotatable bonds is 6. The lowest BCUT2D eigenvalue weighted by Gasteiger charge is -2.27. The first-order valence-corrected chi connectivity index (χ1v) is 10.8. The molecule has 4 amide bonds. The van der Waals surface area contributed by atoms with Crippen LogP contribution in [-0.2, 0) is 11.3 Å². The number of alkyl halides is 3. The molecule has 8 nitrogen and oxygen atoms in total. The maximum Gasteiger partial charge on any atom is 0.573 e. The largest absolute Gasteiger partial charge is 0.573 e. The summed E-state index contributed by atoms with van der Waals surface area (Å²) >= 11 is 0. The van der Waals surface area contributed by atoms with Crippen LogP contribution in [0.4, 0.5) is 29.3 Å². The monoisotopic (exact) mass is 498 g/mol. The van der Waals surface area contributed by atoms with E-state index in [1.54, 1.807) is 44.2 Å². The molecule has 3 aromatic rings. The molecule has 4 rings (SSSR count). The second kappa shape index (κ2) is 9.33. The molecule has 0 bridgehead atoms. The SMILES string of the molecule is CC1(C)C(=O)N(c2ccc(OC(F)(F)F)cc2)C(=O)N1Cc1ccnc(C(=O)Nc2ccccc2)c1. The van der Waals surface area contributed by atoms with Crippen molar-refractivity contribution in [3.05, 3.63) is 84.2 Å². The van der Waals surface area contributed by atoms with Gasteiger partial charge in [0.05, 0.1) is 5.69 Å². The van der Waals surface area contributed by atoms with Gasteiger partial charge in [0.1, 0.15) is 17.0 Å². The Hall–Kier alpha value is -4.41. The highest BCUT2D eigenvalue weighted by molar-refractivity contribution is 6.22. The van der Waals surface area contributed by atoms with Gasteiger partial charge in [-0.15, -0.1) is 13.2 Å². The fraction of sp³-hybridized carbons (Fsp3) is 0.200. The summed E-state index contributed by atoms with van der Waals surface area (Å²) in [5.41, 5.74) is 0.136. The second-order valence-electron chi connectivity index (χ2n) is 8.48. The van der Waals surface area contributed by atoms with E-state index in [1.807, 2.05) is 6.07 Å². The van der Waals surface area contributed by atoms with Gasteiger partial charge in [-0.05, 0) is 67.9 Å². The van der Waals surface area contributed by atoms with Crippen molar-refractivity contribution in [3.63, 3.8) is 0 Å². The van der Waals surface area contributed by atoms with Gasteiger partial charge in [0.2, 0.25) is 0 Å². The number of amides is 4. The molecule has 0 aliphatic carbocycles. The minimum absolute atomic E-state index is 0.00250. The third-order valence-electron chi connectivity index (χ3n) is 5.58. The molecule has 0 spiro atoms. The molecule has 0 saturated carbocycles. The normalized spacial score (nSPS) is 15.2. The molecule has 2 aromatic carbocycles. The van der Waals surface area contributed by atoms with Crippen molar-refractivity contribution in [2.75, 3.05) is 10.2 Å². The van der Waals surface area contributed by atoms with Gasteiger partial charge in [0.25, 0.3) is 11.8 Å². The van der Waals surface area contributed by atoms with E-state index in [0.29, 0.717) is 11.3 Å². The molecule has 1 N–H and O–H groups in total. The number of benzene rings is 2. The van der Waals surface area contributed by atoms with Gasteiger partial charge < -0.3 is 15.0 Å². The summed E-state index contributed by atoms with van der Waals surface area (Å²) < 4.78 is 41.2. The van der Waals surface area contributed by atoms with Crippen LogP contribution in [0.15, 0.2) is 72.9 Å². The Kier molecular flexibility index (Phi) is 6.40. The molecule has 1 aliphatic heterocycles. The van der Waals surface area contributed by atoms with E-state index in [0.717, 1.165) is 17.0 Å². The lowest BCUT2D eigenvalue weighted by atomic mass is 10.0. The quantitative estimate of drug-likeness (QED) is 0.484. The van der Waals surface area contributed by atoms with Gasteiger partial charge in [-0.2, -0.15) is 0 Å². The van der Waals surface area contributed by atoms with Gasteiger partial charge >= 0.3 is 12.4 Å². The molecular weight excluding hydrogens is 477 g/mol. The number of pyridine rings is 1. The summed E-state index contributed by atoms with van der Waals surface area (Å²) in [6.45, 7) is 3.13. The maximum atomic E-state index is 13.2. The minimum atomic E-state index is -4.86. The number of hydrogen-bond acceptors (Lipinski definition) is 5. The van der Waals surface area contributed by atoms with E-state index in [9.17, 15) is 27.6 Å². The third kappa shape index (κ3) is 5.14. The average molecular weight is 498 g/mol. The number of carbonyl (C=O) groups is 3. The standard InChI is InChI=1S/C25H21F3N4O4/c1-24(2)22(34)32(18-8-10-19(11-9-18)36-25(26,27)28)23(35)31(24)15-16-12-13-29-20(14-16)21(33)30-17-6-4-3-5-7-17/h3-14H,15H2,1-2H3,(H,30,33). The smallest absolute Gasteiger partial charge is 0.406 e. The van der Waals surface area contributed by atoms with Crippen molar-refractivity contribution < 1.29 is 32.3 Å². The van der Waals surface area contributed by atoms with Crippen molar-refractivity contribution >= 4 is 29.2 Å². The van der Waals surface area contributed by atoms with Gasteiger partial charge in [-0.1, -0.05) is 18.2 Å². The maximum absolute atomic E-state index is 13.2. The average Bonchev–Trinajstić information content (AvgIpc) is 2.99. The van der Waals surface area contributed by atoms with Crippen LogP contribution >= 0.6 is 0 Å². The highest BCUT2D eigenvalue weighted by atomic mass is 19.4. The minimum Gasteiger partial charge on any atom is -0.406 e. The number of ether oxygens (including phenoxy) is 1. The molecule has 186 valence electrons. The number of para-hydroxylation sites is 1. The Bertz CT molecular complexity index is 1290. The number of halogens is 3. The summed E-state index contributed by atoms with van der Waals surface area (Å²) in [6.07, 6.45) is -3.43. The molecule has 1 aromatic heterocycles. The fourth-order valence-corrected chi connectivity index (χ4v) is 3.72. The molecular formula is C25H21F3N4O4. The predicted octanol–water partition coefficient (Wildman–Crippen LogP) is 4.98. The number of hydrogen-bond donors (Lipinski definition) is 1. The molecule has 0 atom stereocenters. The molecule has 1 fully saturated rings. The molecule has 1 aliphatic rings. The zero-order valence-corrected chi connectivity index (χ0v) is 19.2. The van der Waals surface area contributed by atoms with Gasteiger partial charge in [-0.3, -0.25) is 14.6 Å². The molecule has 0 unspecified atom stereocenters. The number of urea groups is 1. The number of carbonyl (C=O) groups excluding carboxylic acids is 3. The summed E-state index contributed by atoms with van der Waals surface area (Å²) in [6, 6.07) is 15.8.